The van der Waals surface area contributed by atoms with Crippen molar-refractivity contribution in [2.24, 2.45) is 0 Å². The van der Waals surface area contributed by atoms with E-state index in [1.165, 1.54) is 11.9 Å². The second-order valence-electron chi connectivity index (χ2n) is 4.91. The van der Waals surface area contributed by atoms with Crippen molar-refractivity contribution in [3.63, 3.8) is 0 Å². The van der Waals surface area contributed by atoms with Crippen LogP contribution in [0.1, 0.15) is 11.3 Å². The van der Waals surface area contributed by atoms with Crippen LogP contribution in [0.15, 0.2) is 53.4 Å². The van der Waals surface area contributed by atoms with Crippen molar-refractivity contribution in [3.8, 4) is 0 Å². The van der Waals surface area contributed by atoms with E-state index >= 15 is 0 Å². The lowest BCUT2D eigenvalue weighted by atomic mass is 10.2. The summed E-state index contributed by atoms with van der Waals surface area (Å²) in [7, 11) is 0. The lowest BCUT2D eigenvalue weighted by molar-refractivity contribution is 0.518. The molecule has 1 aromatic carbocycles. The van der Waals surface area contributed by atoms with Crippen molar-refractivity contribution in [1.29, 1.82) is 0 Å². The molecule has 0 aliphatic carbocycles. The van der Waals surface area contributed by atoms with Crippen molar-refractivity contribution in [1.82, 2.24) is 9.97 Å². The van der Waals surface area contributed by atoms with E-state index in [0.29, 0.717) is 23.9 Å². The molecule has 2 heterocycles. The number of nitrogens with zero attached hydrogens (tertiary/aromatic N) is 2. The predicted octanol–water partition coefficient (Wildman–Crippen LogP) is 3.32. The second kappa shape index (κ2) is 6.17. The molecule has 3 rings (SSSR count). The first-order chi connectivity index (χ1) is 10.7. The van der Waals surface area contributed by atoms with Gasteiger partial charge >= 0.3 is 0 Å². The standard InChI is InChI=1S/C16H17N5O/c1-11-4-6-12(7-5-11)21-16-14(17)15(19-10-20-16)18-9-13-3-2-8-22-13/h2-8,10H,9,17H2,1H3,(H2,18,19,20,21). The van der Waals surface area contributed by atoms with Gasteiger partial charge in [0.15, 0.2) is 11.6 Å². The summed E-state index contributed by atoms with van der Waals surface area (Å²) in [5, 5.41) is 6.33. The molecule has 0 spiro atoms. The monoisotopic (exact) mass is 295 g/mol. The molecule has 0 unspecified atom stereocenters. The van der Waals surface area contributed by atoms with Crippen LogP contribution in [0.4, 0.5) is 23.0 Å². The Morgan fingerprint density at radius 2 is 1.86 bits per heavy atom. The Balaban J connectivity index is 1.75. The van der Waals surface area contributed by atoms with Crippen LogP contribution < -0.4 is 16.4 Å². The summed E-state index contributed by atoms with van der Waals surface area (Å²) in [6.07, 6.45) is 3.10. The van der Waals surface area contributed by atoms with Crippen LogP contribution in [0.5, 0.6) is 0 Å². The first kappa shape index (κ1) is 13.9. The maximum atomic E-state index is 6.12. The number of nitrogen functional groups attached to an aromatic ring is 1. The number of hydrogen-bond donors (Lipinski definition) is 3. The summed E-state index contributed by atoms with van der Waals surface area (Å²) in [5.41, 5.74) is 8.71. The summed E-state index contributed by atoms with van der Waals surface area (Å²) >= 11 is 0. The van der Waals surface area contributed by atoms with Crippen molar-refractivity contribution >= 4 is 23.0 Å². The largest absolute Gasteiger partial charge is 0.467 e. The van der Waals surface area contributed by atoms with E-state index in [9.17, 15) is 0 Å². The van der Waals surface area contributed by atoms with Gasteiger partial charge in [0.1, 0.15) is 17.8 Å². The van der Waals surface area contributed by atoms with Crippen LogP contribution in [0.25, 0.3) is 0 Å². The molecule has 0 amide bonds. The van der Waals surface area contributed by atoms with Crippen LogP contribution in [0, 0.1) is 6.92 Å². The molecule has 0 bridgehead atoms. The van der Waals surface area contributed by atoms with Gasteiger partial charge in [-0.05, 0) is 31.2 Å². The second-order valence-corrected chi connectivity index (χ2v) is 4.91. The summed E-state index contributed by atoms with van der Waals surface area (Å²) in [5.74, 6) is 1.95. The van der Waals surface area contributed by atoms with Gasteiger partial charge in [-0.1, -0.05) is 17.7 Å². The van der Waals surface area contributed by atoms with Gasteiger partial charge in [0, 0.05) is 5.69 Å². The van der Waals surface area contributed by atoms with Gasteiger partial charge in [0.2, 0.25) is 0 Å². The van der Waals surface area contributed by atoms with Gasteiger partial charge in [-0.2, -0.15) is 0 Å². The molecule has 3 aromatic rings. The lowest BCUT2D eigenvalue weighted by Gasteiger charge is -2.12. The highest BCUT2D eigenvalue weighted by molar-refractivity contribution is 5.77. The minimum Gasteiger partial charge on any atom is -0.467 e. The smallest absolute Gasteiger partial charge is 0.159 e. The Kier molecular flexibility index (Phi) is 3.91. The molecule has 2 aromatic heterocycles. The Labute approximate surface area is 128 Å². The van der Waals surface area contributed by atoms with Gasteiger partial charge in [-0.3, -0.25) is 0 Å². The summed E-state index contributed by atoms with van der Waals surface area (Å²) < 4.78 is 5.27. The Bertz CT molecular complexity index is 738. The van der Waals surface area contributed by atoms with Gasteiger partial charge < -0.3 is 20.8 Å². The van der Waals surface area contributed by atoms with E-state index in [-0.39, 0.29) is 0 Å². The first-order valence-electron chi connectivity index (χ1n) is 6.93. The highest BCUT2D eigenvalue weighted by Gasteiger charge is 2.08. The number of aromatic nitrogens is 2. The van der Waals surface area contributed by atoms with Crippen molar-refractivity contribution in [3.05, 3.63) is 60.3 Å². The highest BCUT2D eigenvalue weighted by atomic mass is 16.3. The number of nitrogens with one attached hydrogen (secondary N) is 2. The van der Waals surface area contributed by atoms with E-state index in [2.05, 4.69) is 20.6 Å². The third-order valence-electron chi connectivity index (χ3n) is 3.21. The molecule has 22 heavy (non-hydrogen) atoms. The molecule has 0 atom stereocenters. The van der Waals surface area contributed by atoms with Crippen molar-refractivity contribution < 1.29 is 4.42 Å². The Hall–Kier alpha value is -3.02. The molecule has 6 heteroatoms. The fourth-order valence-corrected chi connectivity index (χ4v) is 1.99. The SMILES string of the molecule is Cc1ccc(Nc2ncnc(NCc3ccco3)c2N)cc1. The molecule has 0 fully saturated rings. The molecule has 0 saturated carbocycles. The van der Waals surface area contributed by atoms with Crippen LogP contribution in [-0.2, 0) is 6.54 Å². The number of benzene rings is 1. The molecule has 112 valence electrons. The molecule has 4 N–H and O–H groups in total. The number of aryl methyl sites for hydroxylation is 1. The minimum absolute atomic E-state index is 0.467. The minimum atomic E-state index is 0.467. The quantitative estimate of drug-likeness (QED) is 0.669. The molecular formula is C16H17N5O. The third-order valence-corrected chi connectivity index (χ3v) is 3.21. The maximum absolute atomic E-state index is 6.12. The predicted molar refractivity (Wildman–Crippen MR) is 86.9 cm³/mol. The molecule has 0 aliphatic rings. The van der Waals surface area contributed by atoms with E-state index < -0.39 is 0 Å². The van der Waals surface area contributed by atoms with Gasteiger partial charge in [-0.25, -0.2) is 9.97 Å². The van der Waals surface area contributed by atoms with E-state index in [1.54, 1.807) is 6.26 Å². The number of anilines is 4. The summed E-state index contributed by atoms with van der Waals surface area (Å²) in [6.45, 7) is 2.55. The molecular weight excluding hydrogens is 278 g/mol. The number of rotatable bonds is 5. The normalized spacial score (nSPS) is 10.4. The first-order valence-corrected chi connectivity index (χ1v) is 6.93. The highest BCUT2D eigenvalue weighted by Crippen LogP contribution is 2.26. The number of hydrogen-bond acceptors (Lipinski definition) is 6. The van der Waals surface area contributed by atoms with Crippen molar-refractivity contribution in [2.45, 2.75) is 13.5 Å². The lowest BCUT2D eigenvalue weighted by Crippen LogP contribution is -2.07. The topological polar surface area (TPSA) is 89.0 Å². The van der Waals surface area contributed by atoms with E-state index in [4.69, 9.17) is 10.2 Å². The average molecular weight is 295 g/mol. The summed E-state index contributed by atoms with van der Waals surface area (Å²) in [4.78, 5) is 8.36. The van der Waals surface area contributed by atoms with Gasteiger partial charge in [0.05, 0.1) is 12.8 Å². The average Bonchev–Trinajstić information content (AvgIpc) is 3.04. The van der Waals surface area contributed by atoms with Gasteiger partial charge in [-0.15, -0.1) is 0 Å². The van der Waals surface area contributed by atoms with E-state index in [0.717, 1.165) is 11.4 Å². The molecule has 6 nitrogen and oxygen atoms in total. The third kappa shape index (κ3) is 3.17. The van der Waals surface area contributed by atoms with Gasteiger partial charge in [0.25, 0.3) is 0 Å². The maximum Gasteiger partial charge on any atom is 0.159 e. The van der Waals surface area contributed by atoms with Crippen LogP contribution in [0.3, 0.4) is 0 Å². The molecule has 0 radical (unpaired) electrons. The zero-order valence-corrected chi connectivity index (χ0v) is 12.2. The Morgan fingerprint density at radius 1 is 1.09 bits per heavy atom. The number of nitrogens with two attached hydrogens (primary N) is 1. The number of furan rings is 1. The Morgan fingerprint density at radius 3 is 2.59 bits per heavy atom. The molecule has 0 aliphatic heterocycles. The van der Waals surface area contributed by atoms with Crippen LogP contribution >= 0.6 is 0 Å². The van der Waals surface area contributed by atoms with E-state index in [1.807, 2.05) is 43.3 Å². The van der Waals surface area contributed by atoms with Crippen molar-refractivity contribution in [2.75, 3.05) is 16.4 Å². The fourth-order valence-electron chi connectivity index (χ4n) is 1.99. The van der Waals surface area contributed by atoms with Crippen LogP contribution in [0.2, 0.25) is 0 Å². The zero-order chi connectivity index (χ0) is 15.4. The van der Waals surface area contributed by atoms with Crippen LogP contribution in [-0.4, -0.2) is 9.97 Å². The zero-order valence-electron chi connectivity index (χ0n) is 12.2. The summed E-state index contributed by atoms with van der Waals surface area (Å²) in [6, 6.07) is 11.7. The fraction of sp³-hybridized carbons (Fsp3) is 0.125. The molecule has 0 saturated heterocycles.